The lowest BCUT2D eigenvalue weighted by molar-refractivity contribution is 0.171. The van der Waals surface area contributed by atoms with Crippen molar-refractivity contribution in [2.24, 2.45) is 0 Å². The molecule has 4 rings (SSSR count). The summed E-state index contributed by atoms with van der Waals surface area (Å²) >= 11 is 0. The average Bonchev–Trinajstić information content (AvgIpc) is 3.10. The maximum Gasteiger partial charge on any atom is 0.247 e. The zero-order valence-electron chi connectivity index (χ0n) is 14.0. The zero-order valence-corrected chi connectivity index (χ0v) is 14.0. The lowest BCUT2D eigenvalue weighted by atomic mass is 10.2. The van der Waals surface area contributed by atoms with Gasteiger partial charge < -0.3 is 13.9 Å². The molecule has 6 nitrogen and oxygen atoms in total. The molecule has 128 valence electrons. The molecule has 0 saturated heterocycles. The fourth-order valence-corrected chi connectivity index (χ4v) is 2.80. The van der Waals surface area contributed by atoms with E-state index < -0.39 is 0 Å². The molecule has 6 heteroatoms. The number of fused-ring (bicyclic) bond motifs is 1. The Morgan fingerprint density at radius 2 is 1.72 bits per heavy atom. The number of ether oxygens (including phenoxy) is 2. The van der Waals surface area contributed by atoms with Gasteiger partial charge in [-0.1, -0.05) is 24.3 Å². The van der Waals surface area contributed by atoms with Crippen molar-refractivity contribution in [1.82, 2.24) is 15.1 Å². The van der Waals surface area contributed by atoms with Gasteiger partial charge in [0.15, 0.2) is 11.5 Å². The molecule has 0 atom stereocenters. The SMILES string of the molecule is CN(Cc1ccc2c(c1)OCCO2)Cc1nnc(-c2ccccc2)o1. The van der Waals surface area contributed by atoms with Crippen LogP contribution in [0.15, 0.2) is 52.9 Å². The van der Waals surface area contributed by atoms with E-state index in [2.05, 4.69) is 15.1 Å². The third kappa shape index (κ3) is 3.64. The van der Waals surface area contributed by atoms with Crippen molar-refractivity contribution >= 4 is 0 Å². The Hall–Kier alpha value is -2.86. The van der Waals surface area contributed by atoms with Crippen molar-refractivity contribution in [2.75, 3.05) is 20.3 Å². The van der Waals surface area contributed by atoms with Gasteiger partial charge >= 0.3 is 0 Å². The maximum atomic E-state index is 5.76. The number of rotatable bonds is 5. The summed E-state index contributed by atoms with van der Waals surface area (Å²) in [6.07, 6.45) is 0. The van der Waals surface area contributed by atoms with Crippen LogP contribution in [0.25, 0.3) is 11.5 Å². The van der Waals surface area contributed by atoms with Crippen LogP contribution in [0.2, 0.25) is 0 Å². The molecule has 0 N–H and O–H groups in total. The van der Waals surface area contributed by atoms with E-state index in [1.165, 1.54) is 0 Å². The third-order valence-electron chi connectivity index (χ3n) is 3.95. The summed E-state index contributed by atoms with van der Waals surface area (Å²) in [5.41, 5.74) is 2.07. The molecule has 1 aliphatic heterocycles. The van der Waals surface area contributed by atoms with Crippen LogP contribution in [0.3, 0.4) is 0 Å². The van der Waals surface area contributed by atoms with Crippen LogP contribution in [-0.2, 0) is 13.1 Å². The minimum atomic E-state index is 0.545. The quantitative estimate of drug-likeness (QED) is 0.713. The van der Waals surface area contributed by atoms with Gasteiger partial charge in [-0.25, -0.2) is 0 Å². The molecule has 0 saturated carbocycles. The first kappa shape index (κ1) is 15.7. The van der Waals surface area contributed by atoms with Gasteiger partial charge in [-0.2, -0.15) is 0 Å². The second kappa shape index (κ2) is 6.94. The fourth-order valence-electron chi connectivity index (χ4n) is 2.80. The van der Waals surface area contributed by atoms with Crippen molar-refractivity contribution in [3.63, 3.8) is 0 Å². The second-order valence-corrected chi connectivity index (χ2v) is 6.02. The lowest BCUT2D eigenvalue weighted by Gasteiger charge is -2.20. The van der Waals surface area contributed by atoms with Crippen LogP contribution in [0.4, 0.5) is 0 Å². The molecule has 25 heavy (non-hydrogen) atoms. The number of benzene rings is 2. The molecule has 1 aliphatic rings. The van der Waals surface area contributed by atoms with Gasteiger partial charge in [0, 0.05) is 12.1 Å². The minimum Gasteiger partial charge on any atom is -0.486 e. The van der Waals surface area contributed by atoms with Gasteiger partial charge in [-0.15, -0.1) is 10.2 Å². The third-order valence-corrected chi connectivity index (χ3v) is 3.95. The molecular weight excluding hydrogens is 318 g/mol. The summed E-state index contributed by atoms with van der Waals surface area (Å²) in [4.78, 5) is 2.12. The van der Waals surface area contributed by atoms with Crippen molar-refractivity contribution < 1.29 is 13.9 Å². The highest BCUT2D eigenvalue weighted by Crippen LogP contribution is 2.31. The predicted octanol–water partition coefficient (Wildman–Crippen LogP) is 3.14. The van der Waals surface area contributed by atoms with E-state index in [4.69, 9.17) is 13.9 Å². The summed E-state index contributed by atoms with van der Waals surface area (Å²) in [7, 11) is 2.02. The van der Waals surface area contributed by atoms with Crippen LogP contribution in [-0.4, -0.2) is 35.4 Å². The summed E-state index contributed by atoms with van der Waals surface area (Å²) in [5.74, 6) is 2.76. The highest BCUT2D eigenvalue weighted by atomic mass is 16.6. The van der Waals surface area contributed by atoms with Gasteiger partial charge in [-0.3, -0.25) is 4.90 Å². The molecule has 3 aromatic rings. The topological polar surface area (TPSA) is 60.6 Å². The highest BCUT2D eigenvalue weighted by Gasteiger charge is 2.14. The Kier molecular flexibility index (Phi) is 4.35. The Morgan fingerprint density at radius 3 is 2.56 bits per heavy atom. The van der Waals surface area contributed by atoms with Crippen LogP contribution < -0.4 is 9.47 Å². The van der Waals surface area contributed by atoms with E-state index in [0.717, 1.165) is 29.2 Å². The van der Waals surface area contributed by atoms with Gasteiger partial charge in [0.1, 0.15) is 13.2 Å². The molecule has 0 fully saturated rings. The molecule has 0 radical (unpaired) electrons. The van der Waals surface area contributed by atoms with E-state index in [9.17, 15) is 0 Å². The van der Waals surface area contributed by atoms with Gasteiger partial charge in [0.25, 0.3) is 0 Å². The van der Waals surface area contributed by atoms with E-state index in [1.807, 2.05) is 55.6 Å². The van der Waals surface area contributed by atoms with Crippen LogP contribution in [0.1, 0.15) is 11.5 Å². The number of hydrogen-bond donors (Lipinski definition) is 0. The average molecular weight is 337 g/mol. The smallest absolute Gasteiger partial charge is 0.247 e. The number of hydrogen-bond acceptors (Lipinski definition) is 6. The van der Waals surface area contributed by atoms with Crippen molar-refractivity contribution in [3.05, 3.63) is 60.0 Å². The maximum absolute atomic E-state index is 5.76. The van der Waals surface area contributed by atoms with Gasteiger partial charge in [-0.05, 0) is 36.9 Å². The van der Waals surface area contributed by atoms with Crippen LogP contribution in [0, 0.1) is 0 Å². The number of nitrogens with zero attached hydrogens (tertiary/aromatic N) is 3. The summed E-state index contributed by atoms with van der Waals surface area (Å²) in [5, 5.41) is 8.27. The zero-order chi connectivity index (χ0) is 17.1. The van der Waals surface area contributed by atoms with Crippen molar-refractivity contribution in [3.8, 4) is 23.0 Å². The number of aromatic nitrogens is 2. The monoisotopic (exact) mass is 337 g/mol. The first-order valence-corrected chi connectivity index (χ1v) is 8.23. The standard InChI is InChI=1S/C19H19N3O3/c1-22(12-14-7-8-16-17(11-14)24-10-9-23-16)13-18-20-21-19(25-18)15-5-3-2-4-6-15/h2-8,11H,9-10,12-13H2,1H3. The largest absolute Gasteiger partial charge is 0.486 e. The van der Waals surface area contributed by atoms with Gasteiger partial charge in [0.2, 0.25) is 11.8 Å². The van der Waals surface area contributed by atoms with E-state index >= 15 is 0 Å². The molecule has 0 aliphatic carbocycles. The summed E-state index contributed by atoms with van der Waals surface area (Å²) in [6, 6.07) is 15.8. The normalized spacial score (nSPS) is 13.2. The Labute approximate surface area is 146 Å². The summed E-state index contributed by atoms with van der Waals surface area (Å²) < 4.78 is 16.9. The van der Waals surface area contributed by atoms with E-state index in [0.29, 0.717) is 31.5 Å². The first-order valence-electron chi connectivity index (χ1n) is 8.23. The first-order chi connectivity index (χ1) is 12.3. The molecule has 2 aromatic carbocycles. The predicted molar refractivity (Wildman–Crippen MR) is 92.3 cm³/mol. The second-order valence-electron chi connectivity index (χ2n) is 6.02. The minimum absolute atomic E-state index is 0.545. The van der Waals surface area contributed by atoms with E-state index in [1.54, 1.807) is 0 Å². The highest BCUT2D eigenvalue weighted by molar-refractivity contribution is 5.51. The molecule has 0 bridgehead atoms. The molecule has 0 amide bonds. The lowest BCUT2D eigenvalue weighted by Crippen LogP contribution is -2.18. The fraction of sp³-hybridized carbons (Fsp3) is 0.263. The van der Waals surface area contributed by atoms with Crippen molar-refractivity contribution in [1.29, 1.82) is 0 Å². The summed E-state index contributed by atoms with van der Waals surface area (Å²) in [6.45, 7) is 2.53. The molecule has 1 aromatic heterocycles. The Balaban J connectivity index is 1.41. The molecule has 0 spiro atoms. The van der Waals surface area contributed by atoms with Crippen molar-refractivity contribution in [2.45, 2.75) is 13.1 Å². The van der Waals surface area contributed by atoms with Gasteiger partial charge in [0.05, 0.1) is 6.54 Å². The molecule has 0 unspecified atom stereocenters. The molecular formula is C19H19N3O3. The van der Waals surface area contributed by atoms with E-state index in [-0.39, 0.29) is 0 Å². The Morgan fingerprint density at radius 1 is 0.920 bits per heavy atom. The van der Waals surface area contributed by atoms with Crippen LogP contribution >= 0.6 is 0 Å². The Bertz CT molecular complexity index is 848. The van der Waals surface area contributed by atoms with Crippen LogP contribution in [0.5, 0.6) is 11.5 Å². The molecule has 2 heterocycles.